The molecule has 0 aromatic heterocycles. The lowest BCUT2D eigenvalue weighted by Crippen LogP contribution is -2.38. The highest BCUT2D eigenvalue weighted by atomic mass is 32.2. The van der Waals surface area contributed by atoms with E-state index in [9.17, 15) is 13.2 Å². The van der Waals surface area contributed by atoms with Crippen molar-refractivity contribution in [1.29, 1.82) is 0 Å². The van der Waals surface area contributed by atoms with E-state index in [2.05, 4.69) is 23.5 Å². The van der Waals surface area contributed by atoms with Crippen molar-refractivity contribution in [2.45, 2.75) is 116 Å². The van der Waals surface area contributed by atoms with Gasteiger partial charge >= 0.3 is 6.09 Å². The molecule has 0 aromatic rings. The predicted octanol–water partition coefficient (Wildman–Crippen LogP) is 6.09. The summed E-state index contributed by atoms with van der Waals surface area (Å²) in [6.45, 7) is 6.28. The van der Waals surface area contributed by atoms with E-state index in [4.69, 9.17) is 9.47 Å². The molecule has 2 N–H and O–H groups in total. The molecule has 0 rings (SSSR count). The van der Waals surface area contributed by atoms with E-state index >= 15 is 0 Å². The number of amides is 1. The molecule has 0 saturated heterocycles. The summed E-state index contributed by atoms with van der Waals surface area (Å²) in [6.07, 6.45) is 21.3. The Hall–Kier alpha value is -1.12. The van der Waals surface area contributed by atoms with Crippen molar-refractivity contribution in [3.8, 4) is 0 Å². The van der Waals surface area contributed by atoms with Crippen LogP contribution in [-0.2, 0) is 19.5 Å². The average molecular weight is 505 g/mol. The van der Waals surface area contributed by atoms with Crippen molar-refractivity contribution in [3.05, 3.63) is 12.7 Å². The van der Waals surface area contributed by atoms with Crippen molar-refractivity contribution >= 4 is 16.1 Å². The predicted molar refractivity (Wildman–Crippen MR) is 142 cm³/mol. The number of alkyl carbamates (subject to hydrolysis) is 1. The molecule has 0 saturated carbocycles. The highest BCUT2D eigenvalue weighted by molar-refractivity contribution is 7.89. The number of carbonyl (C=O) groups excluding carboxylic acids is 1. The normalized spacial score (nSPS) is 12.4. The fraction of sp³-hybridized carbons (Fsp3) is 0.885. The van der Waals surface area contributed by atoms with Crippen LogP contribution in [0.25, 0.3) is 0 Å². The lowest BCUT2D eigenvalue weighted by molar-refractivity contribution is 0.0384. The summed E-state index contributed by atoms with van der Waals surface area (Å²) in [5.41, 5.74) is 0. The van der Waals surface area contributed by atoms with Gasteiger partial charge < -0.3 is 14.8 Å². The smallest absolute Gasteiger partial charge is 0.407 e. The number of unbranched alkanes of at least 4 members (excludes halogenated alkanes) is 15. The molecular formula is C26H52N2O5S. The molecular weight excluding hydrogens is 452 g/mol. The summed E-state index contributed by atoms with van der Waals surface area (Å²) in [5.74, 6) is -0.163. The summed E-state index contributed by atoms with van der Waals surface area (Å²) in [4.78, 5) is 11.8. The van der Waals surface area contributed by atoms with Crippen molar-refractivity contribution in [1.82, 2.24) is 10.0 Å². The van der Waals surface area contributed by atoms with E-state index < -0.39 is 22.2 Å². The van der Waals surface area contributed by atoms with E-state index in [1.165, 1.54) is 103 Å². The first-order valence-electron chi connectivity index (χ1n) is 13.5. The SMILES string of the molecule is C=CCS(=O)(=O)NCC(COC(=O)NCCCCCCCCCCCCCCCCCC)OC. The number of nitrogens with one attached hydrogen (secondary N) is 2. The standard InChI is InChI=1S/C26H52N2O5S/c1-4-6-7-8-9-10-11-12-13-14-15-16-17-18-19-20-21-27-26(29)33-24-25(32-3)23-28-34(30,31)22-5-2/h5,25,28H,2,4,6-24H2,1,3H3,(H,27,29). The molecule has 0 aliphatic heterocycles. The lowest BCUT2D eigenvalue weighted by Gasteiger charge is -2.16. The maximum Gasteiger partial charge on any atom is 0.407 e. The number of hydrogen-bond acceptors (Lipinski definition) is 5. The second kappa shape index (κ2) is 23.6. The van der Waals surface area contributed by atoms with E-state index in [1.54, 1.807) is 0 Å². The van der Waals surface area contributed by atoms with Crippen LogP contribution in [0.1, 0.15) is 110 Å². The molecule has 0 spiro atoms. The number of hydrogen-bond donors (Lipinski definition) is 2. The Morgan fingerprint density at radius 3 is 1.76 bits per heavy atom. The quantitative estimate of drug-likeness (QED) is 0.116. The van der Waals surface area contributed by atoms with Crippen molar-refractivity contribution in [2.75, 3.05) is 32.6 Å². The molecule has 34 heavy (non-hydrogen) atoms. The van der Waals surface area contributed by atoms with E-state index in [0.717, 1.165) is 12.8 Å². The van der Waals surface area contributed by atoms with Crippen LogP contribution in [0.4, 0.5) is 4.79 Å². The minimum atomic E-state index is -3.42. The highest BCUT2D eigenvalue weighted by Gasteiger charge is 2.15. The van der Waals surface area contributed by atoms with Gasteiger partial charge in [0.2, 0.25) is 10.0 Å². The van der Waals surface area contributed by atoms with E-state index in [1.807, 2.05) is 0 Å². The van der Waals surface area contributed by atoms with Gasteiger partial charge in [-0.05, 0) is 6.42 Å². The Morgan fingerprint density at radius 1 is 0.853 bits per heavy atom. The van der Waals surface area contributed by atoms with Gasteiger partial charge in [-0.15, -0.1) is 6.58 Å². The zero-order valence-corrected chi connectivity index (χ0v) is 22.8. The van der Waals surface area contributed by atoms with Gasteiger partial charge in [0.15, 0.2) is 0 Å². The van der Waals surface area contributed by atoms with E-state index in [0.29, 0.717) is 6.54 Å². The summed E-state index contributed by atoms with van der Waals surface area (Å²) < 4.78 is 35.9. The highest BCUT2D eigenvalue weighted by Crippen LogP contribution is 2.13. The molecule has 0 aromatic carbocycles. The maximum absolute atomic E-state index is 11.8. The Labute approximate surface area is 209 Å². The zero-order chi connectivity index (χ0) is 25.3. The molecule has 8 heteroatoms. The number of sulfonamides is 1. The molecule has 0 aliphatic rings. The van der Waals surface area contributed by atoms with Gasteiger partial charge in [-0.2, -0.15) is 0 Å². The van der Waals surface area contributed by atoms with Gasteiger partial charge in [0.05, 0.1) is 5.75 Å². The Bertz CT molecular complexity index is 584. The average Bonchev–Trinajstić information content (AvgIpc) is 2.81. The number of carbonyl (C=O) groups is 1. The van der Waals surface area contributed by atoms with Crippen LogP contribution in [0, 0.1) is 0 Å². The minimum Gasteiger partial charge on any atom is -0.447 e. The van der Waals surface area contributed by atoms with Gasteiger partial charge in [0.1, 0.15) is 12.7 Å². The van der Waals surface area contributed by atoms with Gasteiger partial charge in [-0.25, -0.2) is 17.9 Å². The molecule has 7 nitrogen and oxygen atoms in total. The van der Waals surface area contributed by atoms with Crippen LogP contribution in [0.2, 0.25) is 0 Å². The van der Waals surface area contributed by atoms with Crippen LogP contribution in [0.5, 0.6) is 0 Å². The zero-order valence-electron chi connectivity index (χ0n) is 22.0. The molecule has 1 unspecified atom stereocenters. The second-order valence-corrected chi connectivity index (χ2v) is 11.0. The molecule has 0 radical (unpaired) electrons. The third-order valence-electron chi connectivity index (χ3n) is 5.90. The molecule has 1 amide bonds. The topological polar surface area (TPSA) is 93.7 Å². The molecule has 0 heterocycles. The second-order valence-electron chi connectivity index (χ2n) is 9.10. The van der Waals surface area contributed by atoms with Crippen LogP contribution >= 0.6 is 0 Å². The van der Waals surface area contributed by atoms with Crippen molar-refractivity contribution in [2.24, 2.45) is 0 Å². The van der Waals surface area contributed by atoms with Crippen LogP contribution in [-0.4, -0.2) is 53.2 Å². The fourth-order valence-electron chi connectivity index (χ4n) is 3.73. The summed E-state index contributed by atoms with van der Waals surface area (Å²) in [6, 6.07) is 0. The number of rotatable bonds is 25. The van der Waals surface area contributed by atoms with Crippen LogP contribution < -0.4 is 10.0 Å². The first-order valence-corrected chi connectivity index (χ1v) is 15.1. The third kappa shape index (κ3) is 22.7. The van der Waals surface area contributed by atoms with Gasteiger partial charge in [0, 0.05) is 20.2 Å². The number of methoxy groups -OCH3 is 1. The molecule has 202 valence electrons. The van der Waals surface area contributed by atoms with Gasteiger partial charge in [-0.3, -0.25) is 0 Å². The van der Waals surface area contributed by atoms with Crippen LogP contribution in [0.3, 0.4) is 0 Å². The van der Waals surface area contributed by atoms with Crippen molar-refractivity contribution in [3.63, 3.8) is 0 Å². The fourth-order valence-corrected chi connectivity index (χ4v) is 4.60. The first-order chi connectivity index (χ1) is 16.4. The summed E-state index contributed by atoms with van der Waals surface area (Å²) >= 11 is 0. The minimum absolute atomic E-state index is 0.0160. The molecule has 0 fully saturated rings. The first kappa shape index (κ1) is 32.9. The molecule has 0 bridgehead atoms. The molecule has 1 atom stereocenters. The van der Waals surface area contributed by atoms with Gasteiger partial charge in [-0.1, -0.05) is 109 Å². The Balaban J connectivity index is 3.46. The lowest BCUT2D eigenvalue weighted by atomic mass is 10.0. The summed E-state index contributed by atoms with van der Waals surface area (Å²) in [7, 11) is -1.97. The molecule has 0 aliphatic carbocycles. The van der Waals surface area contributed by atoms with Crippen LogP contribution in [0.15, 0.2) is 12.7 Å². The number of ether oxygens (including phenoxy) is 2. The third-order valence-corrected chi connectivity index (χ3v) is 7.18. The summed E-state index contributed by atoms with van der Waals surface area (Å²) in [5, 5.41) is 2.74. The van der Waals surface area contributed by atoms with Crippen molar-refractivity contribution < 1.29 is 22.7 Å². The van der Waals surface area contributed by atoms with E-state index in [-0.39, 0.29) is 18.9 Å². The van der Waals surface area contributed by atoms with Gasteiger partial charge in [0.25, 0.3) is 0 Å². The maximum atomic E-state index is 11.8. The monoisotopic (exact) mass is 504 g/mol. The Morgan fingerprint density at radius 2 is 1.32 bits per heavy atom. The Kier molecular flexibility index (Phi) is 22.8. The largest absolute Gasteiger partial charge is 0.447 e.